The van der Waals surface area contributed by atoms with Gasteiger partial charge < -0.3 is 28.8 Å². The minimum Gasteiger partial charge on any atom is -0.494 e. The number of rotatable bonds is 10. The number of aliphatic carboxylic acids is 2. The number of carboxylic acid groups (broad SMARTS) is 2. The molecule has 0 bridgehead atoms. The highest BCUT2D eigenvalue weighted by atomic mass is 32.2. The second-order valence-corrected chi connectivity index (χ2v) is 11.3. The number of carboxylic acids is 2. The summed E-state index contributed by atoms with van der Waals surface area (Å²) in [4.78, 5) is 24.7. The Morgan fingerprint density at radius 1 is 1.02 bits per heavy atom. The van der Waals surface area contributed by atoms with E-state index in [9.17, 15) is 8.42 Å². The third-order valence-electron chi connectivity index (χ3n) is 6.34. The summed E-state index contributed by atoms with van der Waals surface area (Å²) in [6.45, 7) is 7.03. The number of benzene rings is 2. The van der Waals surface area contributed by atoms with Crippen LogP contribution in [0.15, 0.2) is 57.1 Å². The lowest BCUT2D eigenvalue weighted by Gasteiger charge is -2.29. The number of methoxy groups -OCH3 is 2. The van der Waals surface area contributed by atoms with E-state index in [1.54, 1.807) is 38.5 Å². The van der Waals surface area contributed by atoms with E-state index >= 15 is 0 Å². The molecule has 2 heterocycles. The van der Waals surface area contributed by atoms with Crippen LogP contribution in [0.2, 0.25) is 0 Å². The first kappa shape index (κ1) is 31.4. The first-order valence-corrected chi connectivity index (χ1v) is 14.3. The van der Waals surface area contributed by atoms with Gasteiger partial charge in [-0.25, -0.2) is 23.0 Å². The molecule has 1 aliphatic heterocycles. The molecule has 13 heteroatoms. The average Bonchev–Trinajstić information content (AvgIpc) is 3.47. The smallest absolute Gasteiger partial charge is 0.414 e. The fourth-order valence-corrected chi connectivity index (χ4v) is 5.72. The number of ether oxygens (including phenoxy) is 3. The topological polar surface area (TPSA) is 166 Å². The normalized spacial score (nSPS) is 13.1. The first-order valence-electron chi connectivity index (χ1n) is 12.8. The Hall–Kier alpha value is -4.10. The number of carbonyl (C=O) groups is 2. The highest BCUT2D eigenvalue weighted by Crippen LogP contribution is 2.33. The number of oxazole rings is 1. The van der Waals surface area contributed by atoms with E-state index in [2.05, 4.69) is 22.0 Å². The molecule has 41 heavy (non-hydrogen) atoms. The molecule has 12 nitrogen and oxygen atoms in total. The van der Waals surface area contributed by atoms with Crippen LogP contribution in [0.25, 0.3) is 0 Å². The largest absolute Gasteiger partial charge is 0.494 e. The van der Waals surface area contributed by atoms with E-state index in [0.29, 0.717) is 18.1 Å². The Labute approximate surface area is 238 Å². The lowest BCUT2D eigenvalue weighted by atomic mass is 9.98. The Morgan fingerprint density at radius 2 is 1.63 bits per heavy atom. The number of fused-ring (bicyclic) bond motifs is 1. The quantitative estimate of drug-likeness (QED) is 0.260. The van der Waals surface area contributed by atoms with Crippen LogP contribution >= 0.6 is 0 Å². The van der Waals surface area contributed by atoms with Crippen LogP contribution in [0.1, 0.15) is 43.1 Å². The predicted molar refractivity (Wildman–Crippen MR) is 146 cm³/mol. The van der Waals surface area contributed by atoms with Gasteiger partial charge in [0, 0.05) is 25.6 Å². The molecular formula is C28H34N2O10S. The summed E-state index contributed by atoms with van der Waals surface area (Å²) in [7, 11) is -0.434. The first-order chi connectivity index (χ1) is 19.5. The Morgan fingerprint density at radius 3 is 2.20 bits per heavy atom. The average molecular weight is 591 g/mol. The standard InChI is InChI=1S/C26H32N2O6S.C2H2O4/c1-18(2)25-26(27-17-34-25)35(29,30)22-8-6-21(7-9-22)33-13-5-11-28-12-10-19-14-23(31-3)24(32-4)15-20(19)16-28;3-1(4)2(5)6/h6-9,14-15,17-18H,5,10-13,16H2,1-4H3;(H,3,4)(H,5,6). The van der Waals surface area contributed by atoms with Gasteiger partial charge in [0.05, 0.1) is 25.7 Å². The predicted octanol–water partition coefficient (Wildman–Crippen LogP) is 3.63. The highest BCUT2D eigenvalue weighted by molar-refractivity contribution is 7.91. The van der Waals surface area contributed by atoms with Crippen molar-refractivity contribution in [2.24, 2.45) is 0 Å². The van der Waals surface area contributed by atoms with Gasteiger partial charge >= 0.3 is 11.9 Å². The van der Waals surface area contributed by atoms with E-state index in [4.69, 9.17) is 38.4 Å². The minimum absolute atomic E-state index is 0.0275. The number of sulfone groups is 1. The summed E-state index contributed by atoms with van der Waals surface area (Å²) in [5, 5.41) is 14.8. The molecule has 1 aromatic heterocycles. The Balaban J connectivity index is 0.000000696. The zero-order valence-corrected chi connectivity index (χ0v) is 24.1. The van der Waals surface area contributed by atoms with Crippen molar-refractivity contribution in [2.75, 3.05) is 33.9 Å². The molecule has 0 radical (unpaired) electrons. The van der Waals surface area contributed by atoms with Crippen molar-refractivity contribution in [1.29, 1.82) is 0 Å². The summed E-state index contributed by atoms with van der Waals surface area (Å²) in [5.74, 6) is -1.20. The van der Waals surface area contributed by atoms with Crippen LogP contribution in [0, 0.1) is 0 Å². The van der Waals surface area contributed by atoms with Crippen molar-refractivity contribution >= 4 is 21.8 Å². The van der Waals surface area contributed by atoms with Crippen LogP contribution in [0.3, 0.4) is 0 Å². The maximum absolute atomic E-state index is 12.9. The third kappa shape index (κ3) is 7.98. The van der Waals surface area contributed by atoms with Gasteiger partial charge in [-0.15, -0.1) is 0 Å². The molecule has 2 aromatic carbocycles. The van der Waals surface area contributed by atoms with E-state index in [1.165, 1.54) is 17.5 Å². The summed E-state index contributed by atoms with van der Waals surface area (Å²) >= 11 is 0. The molecule has 0 aliphatic carbocycles. The van der Waals surface area contributed by atoms with Gasteiger partial charge in [0.2, 0.25) is 14.9 Å². The third-order valence-corrected chi connectivity index (χ3v) is 8.05. The Bertz CT molecular complexity index is 1440. The van der Waals surface area contributed by atoms with Gasteiger partial charge in [0.1, 0.15) is 11.5 Å². The molecule has 3 aromatic rings. The number of hydrogen-bond acceptors (Lipinski definition) is 10. The molecule has 0 saturated heterocycles. The van der Waals surface area contributed by atoms with Crippen LogP contribution in [-0.4, -0.2) is 74.4 Å². The van der Waals surface area contributed by atoms with Crippen LogP contribution < -0.4 is 14.2 Å². The zero-order chi connectivity index (χ0) is 30.2. The van der Waals surface area contributed by atoms with Gasteiger partial charge in [-0.2, -0.15) is 0 Å². The molecule has 4 rings (SSSR count). The molecule has 0 atom stereocenters. The molecule has 0 saturated carbocycles. The lowest BCUT2D eigenvalue weighted by molar-refractivity contribution is -0.159. The van der Waals surface area contributed by atoms with Crippen molar-refractivity contribution in [3.63, 3.8) is 0 Å². The molecule has 0 fully saturated rings. The number of aromatic nitrogens is 1. The fraction of sp³-hybridized carbons (Fsp3) is 0.393. The van der Waals surface area contributed by atoms with Crippen LogP contribution in [0.5, 0.6) is 17.2 Å². The number of hydrogen-bond donors (Lipinski definition) is 2. The van der Waals surface area contributed by atoms with Crippen molar-refractivity contribution in [2.45, 2.75) is 49.1 Å². The maximum atomic E-state index is 12.9. The fourth-order valence-electron chi connectivity index (χ4n) is 4.27. The van der Waals surface area contributed by atoms with Gasteiger partial charge in [0.25, 0.3) is 0 Å². The lowest BCUT2D eigenvalue weighted by Crippen LogP contribution is -2.32. The van der Waals surface area contributed by atoms with Gasteiger partial charge in [-0.05, 0) is 60.4 Å². The summed E-state index contributed by atoms with van der Waals surface area (Å²) in [6, 6.07) is 10.6. The molecule has 0 spiro atoms. The van der Waals surface area contributed by atoms with Gasteiger partial charge in [0.15, 0.2) is 17.9 Å². The second kappa shape index (κ2) is 14.0. The van der Waals surface area contributed by atoms with E-state index < -0.39 is 21.8 Å². The van der Waals surface area contributed by atoms with Crippen molar-refractivity contribution in [3.8, 4) is 17.2 Å². The highest BCUT2D eigenvalue weighted by Gasteiger charge is 2.27. The number of nitrogens with zero attached hydrogens (tertiary/aromatic N) is 2. The van der Waals surface area contributed by atoms with Gasteiger partial charge in [-0.3, -0.25) is 4.90 Å². The SMILES string of the molecule is COc1cc2c(cc1OC)CN(CCCOc1ccc(S(=O)(=O)c3ncoc3C(C)C)cc1)CC2.O=C(O)C(=O)O. The minimum atomic E-state index is -3.75. The van der Waals surface area contributed by atoms with Crippen molar-refractivity contribution < 1.29 is 46.8 Å². The molecule has 0 unspecified atom stereocenters. The Kier molecular flexibility index (Phi) is 10.7. The molecule has 1 aliphatic rings. The molecule has 222 valence electrons. The van der Waals surface area contributed by atoms with E-state index in [1.807, 2.05) is 13.8 Å². The van der Waals surface area contributed by atoms with Crippen LogP contribution in [-0.2, 0) is 32.4 Å². The van der Waals surface area contributed by atoms with Gasteiger partial charge in [-0.1, -0.05) is 13.8 Å². The zero-order valence-electron chi connectivity index (χ0n) is 23.3. The summed E-state index contributed by atoms with van der Waals surface area (Å²) < 4.78 is 47.9. The van der Waals surface area contributed by atoms with E-state index in [0.717, 1.165) is 44.0 Å². The summed E-state index contributed by atoms with van der Waals surface area (Å²) in [5.41, 5.74) is 2.57. The maximum Gasteiger partial charge on any atom is 0.414 e. The molecule has 0 amide bonds. The van der Waals surface area contributed by atoms with Crippen LogP contribution in [0.4, 0.5) is 0 Å². The summed E-state index contributed by atoms with van der Waals surface area (Å²) in [6.07, 6.45) is 3.00. The second-order valence-electron chi connectivity index (χ2n) is 9.47. The molecule has 2 N–H and O–H groups in total. The van der Waals surface area contributed by atoms with E-state index in [-0.39, 0.29) is 15.8 Å². The monoisotopic (exact) mass is 590 g/mol. The van der Waals surface area contributed by atoms with Crippen molar-refractivity contribution in [1.82, 2.24) is 9.88 Å². The van der Waals surface area contributed by atoms with Crippen molar-refractivity contribution in [3.05, 3.63) is 59.7 Å². The molecular weight excluding hydrogens is 556 g/mol.